The average molecular weight is 336 g/mol. The van der Waals surface area contributed by atoms with Crippen molar-refractivity contribution < 1.29 is 24.5 Å². The Kier molecular flexibility index (Phi) is 5.67. The fraction of sp³-hybridized carbons (Fsp3) is 0.267. The summed E-state index contributed by atoms with van der Waals surface area (Å²) < 4.78 is 5.09. The lowest BCUT2D eigenvalue weighted by Gasteiger charge is -2.09. The van der Waals surface area contributed by atoms with Gasteiger partial charge >= 0.3 is 5.97 Å². The lowest BCUT2D eigenvalue weighted by Crippen LogP contribution is -2.43. The minimum absolute atomic E-state index is 0.137. The summed E-state index contributed by atoms with van der Waals surface area (Å²) in [6, 6.07) is 6.16. The van der Waals surface area contributed by atoms with Crippen molar-refractivity contribution in [1.82, 2.24) is 10.3 Å². The third-order valence-corrected chi connectivity index (χ3v) is 3.93. The van der Waals surface area contributed by atoms with Crippen LogP contribution in [0.5, 0.6) is 5.75 Å². The van der Waals surface area contributed by atoms with E-state index in [4.69, 9.17) is 14.9 Å². The number of benzene rings is 1. The molecule has 0 radical (unpaired) electrons. The largest absolute Gasteiger partial charge is 0.497 e. The lowest BCUT2D eigenvalue weighted by molar-refractivity contribution is -0.140. The van der Waals surface area contributed by atoms with Crippen LogP contribution in [-0.2, 0) is 11.2 Å². The first-order valence-corrected chi connectivity index (χ1v) is 7.63. The molecule has 1 aromatic carbocycles. The number of carboxylic acids is 1. The number of methoxy groups -OCH3 is 1. The van der Waals surface area contributed by atoms with Gasteiger partial charge < -0.3 is 20.3 Å². The molecule has 23 heavy (non-hydrogen) atoms. The molecule has 0 spiro atoms. The van der Waals surface area contributed by atoms with E-state index in [-0.39, 0.29) is 5.69 Å². The summed E-state index contributed by atoms with van der Waals surface area (Å²) in [6.45, 7) is -0.677. The Morgan fingerprint density at radius 3 is 2.61 bits per heavy atom. The Hall–Kier alpha value is -2.45. The molecule has 2 aromatic rings. The van der Waals surface area contributed by atoms with E-state index < -0.39 is 24.5 Å². The number of hydrogen-bond donors (Lipinski definition) is 3. The fourth-order valence-electron chi connectivity index (χ4n) is 1.83. The van der Waals surface area contributed by atoms with E-state index in [0.29, 0.717) is 6.42 Å². The average Bonchev–Trinajstić information content (AvgIpc) is 3.01. The number of nitrogens with zero attached hydrogens (tertiary/aromatic N) is 1. The SMILES string of the molecule is COc1ccc(Cc2nc(C(=O)NC(CO)C(=O)O)cs2)cc1. The first-order chi connectivity index (χ1) is 11.0. The van der Waals surface area contributed by atoms with Crippen molar-refractivity contribution in [2.45, 2.75) is 12.5 Å². The molecule has 1 unspecified atom stereocenters. The molecule has 0 aliphatic carbocycles. The summed E-state index contributed by atoms with van der Waals surface area (Å²) in [5, 5.41) is 22.2. The van der Waals surface area contributed by atoms with Gasteiger partial charge in [-0.05, 0) is 17.7 Å². The van der Waals surface area contributed by atoms with Crippen LogP contribution >= 0.6 is 11.3 Å². The second kappa shape index (κ2) is 7.70. The number of aliphatic carboxylic acids is 1. The summed E-state index contributed by atoms with van der Waals surface area (Å²) in [7, 11) is 1.59. The molecule has 0 aliphatic rings. The first kappa shape index (κ1) is 16.9. The third kappa shape index (κ3) is 4.51. The molecule has 3 N–H and O–H groups in total. The molecule has 1 amide bonds. The number of aromatic nitrogens is 1. The maximum absolute atomic E-state index is 11.9. The number of carbonyl (C=O) groups is 2. The van der Waals surface area contributed by atoms with Gasteiger partial charge in [-0.15, -0.1) is 11.3 Å². The van der Waals surface area contributed by atoms with Crippen LogP contribution in [0.3, 0.4) is 0 Å². The van der Waals surface area contributed by atoms with Crippen LogP contribution < -0.4 is 10.1 Å². The highest BCUT2D eigenvalue weighted by molar-refractivity contribution is 7.09. The van der Waals surface area contributed by atoms with E-state index in [0.717, 1.165) is 16.3 Å². The van der Waals surface area contributed by atoms with Gasteiger partial charge in [0.2, 0.25) is 0 Å². The van der Waals surface area contributed by atoms with Crippen LogP contribution in [0.15, 0.2) is 29.6 Å². The van der Waals surface area contributed by atoms with Gasteiger partial charge in [-0.25, -0.2) is 9.78 Å². The van der Waals surface area contributed by atoms with Gasteiger partial charge in [-0.1, -0.05) is 12.1 Å². The molecule has 0 saturated heterocycles. The predicted octanol–water partition coefficient (Wildman–Crippen LogP) is 0.918. The summed E-state index contributed by atoms with van der Waals surface area (Å²) >= 11 is 1.31. The van der Waals surface area contributed by atoms with E-state index in [1.165, 1.54) is 11.3 Å². The van der Waals surface area contributed by atoms with Crippen LogP contribution in [0.25, 0.3) is 0 Å². The Morgan fingerprint density at radius 2 is 2.04 bits per heavy atom. The number of carboxylic acid groups (broad SMARTS) is 1. The Bertz CT molecular complexity index is 683. The number of aliphatic hydroxyl groups is 1. The number of aliphatic hydroxyl groups excluding tert-OH is 1. The Morgan fingerprint density at radius 1 is 1.35 bits per heavy atom. The van der Waals surface area contributed by atoms with Crippen LogP contribution in [0, 0.1) is 0 Å². The van der Waals surface area contributed by atoms with Crippen LogP contribution in [0.4, 0.5) is 0 Å². The highest BCUT2D eigenvalue weighted by Gasteiger charge is 2.21. The number of thiazole rings is 1. The normalized spacial score (nSPS) is 11.7. The van der Waals surface area contributed by atoms with E-state index in [1.807, 2.05) is 24.3 Å². The molecular weight excluding hydrogens is 320 g/mol. The van der Waals surface area contributed by atoms with Crippen molar-refractivity contribution >= 4 is 23.2 Å². The number of rotatable bonds is 7. The molecule has 1 atom stereocenters. The van der Waals surface area contributed by atoms with Crippen molar-refractivity contribution in [2.75, 3.05) is 13.7 Å². The Labute approximate surface area is 136 Å². The van der Waals surface area contributed by atoms with E-state index in [1.54, 1.807) is 12.5 Å². The molecule has 1 aromatic heterocycles. The second-order valence-electron chi connectivity index (χ2n) is 4.70. The van der Waals surface area contributed by atoms with Gasteiger partial charge in [0.1, 0.15) is 11.4 Å². The molecule has 1 heterocycles. The summed E-state index contributed by atoms with van der Waals surface area (Å²) in [4.78, 5) is 26.9. The molecule has 7 nitrogen and oxygen atoms in total. The molecule has 0 aliphatic heterocycles. The van der Waals surface area contributed by atoms with Crippen molar-refractivity contribution in [1.29, 1.82) is 0 Å². The maximum atomic E-state index is 11.9. The molecular formula is C15H16N2O5S. The minimum atomic E-state index is -1.34. The predicted molar refractivity (Wildman–Crippen MR) is 83.9 cm³/mol. The van der Waals surface area contributed by atoms with Crippen LogP contribution in [-0.4, -0.2) is 46.8 Å². The molecule has 122 valence electrons. The number of amides is 1. The number of hydrogen-bond acceptors (Lipinski definition) is 6. The molecule has 0 fully saturated rings. The summed E-state index contributed by atoms with van der Waals surface area (Å²) in [6.07, 6.45) is 0.560. The van der Waals surface area contributed by atoms with E-state index >= 15 is 0 Å². The summed E-state index contributed by atoms with van der Waals surface area (Å²) in [5.74, 6) is -1.16. The number of nitrogens with one attached hydrogen (secondary N) is 1. The number of ether oxygens (including phenoxy) is 1. The topological polar surface area (TPSA) is 109 Å². The van der Waals surface area contributed by atoms with E-state index in [2.05, 4.69) is 10.3 Å². The van der Waals surface area contributed by atoms with Gasteiger partial charge in [0, 0.05) is 11.8 Å². The molecule has 0 bridgehead atoms. The van der Waals surface area contributed by atoms with Gasteiger partial charge in [-0.3, -0.25) is 4.79 Å². The van der Waals surface area contributed by atoms with Crippen molar-refractivity contribution in [3.8, 4) is 5.75 Å². The Balaban J connectivity index is 2.01. The standard InChI is InChI=1S/C15H16N2O5S/c1-22-10-4-2-9(3-5-10)6-13-16-12(8-23-13)14(19)17-11(7-18)15(20)21/h2-5,8,11,18H,6-7H2,1H3,(H,17,19)(H,20,21). The van der Waals surface area contributed by atoms with Crippen LogP contribution in [0.2, 0.25) is 0 Å². The fourth-order valence-corrected chi connectivity index (χ4v) is 2.64. The molecule has 0 saturated carbocycles. The van der Waals surface area contributed by atoms with Gasteiger partial charge in [0.05, 0.1) is 18.7 Å². The molecule has 2 rings (SSSR count). The van der Waals surface area contributed by atoms with E-state index in [9.17, 15) is 9.59 Å². The second-order valence-corrected chi connectivity index (χ2v) is 5.64. The third-order valence-electron chi connectivity index (χ3n) is 3.08. The maximum Gasteiger partial charge on any atom is 0.328 e. The van der Waals surface area contributed by atoms with Crippen molar-refractivity contribution in [2.24, 2.45) is 0 Å². The smallest absolute Gasteiger partial charge is 0.328 e. The highest BCUT2D eigenvalue weighted by Crippen LogP contribution is 2.17. The van der Waals surface area contributed by atoms with Crippen LogP contribution in [0.1, 0.15) is 21.1 Å². The molecule has 8 heteroatoms. The lowest BCUT2D eigenvalue weighted by atomic mass is 10.1. The quantitative estimate of drug-likeness (QED) is 0.694. The van der Waals surface area contributed by atoms with Crippen molar-refractivity contribution in [3.63, 3.8) is 0 Å². The summed E-state index contributed by atoms with van der Waals surface area (Å²) in [5.41, 5.74) is 1.16. The minimum Gasteiger partial charge on any atom is -0.497 e. The van der Waals surface area contributed by atoms with Gasteiger partial charge in [-0.2, -0.15) is 0 Å². The van der Waals surface area contributed by atoms with Gasteiger partial charge in [0.15, 0.2) is 6.04 Å². The number of carbonyl (C=O) groups excluding carboxylic acids is 1. The highest BCUT2D eigenvalue weighted by atomic mass is 32.1. The van der Waals surface area contributed by atoms with Crippen molar-refractivity contribution in [3.05, 3.63) is 45.9 Å². The van der Waals surface area contributed by atoms with Gasteiger partial charge in [0.25, 0.3) is 5.91 Å². The monoisotopic (exact) mass is 336 g/mol. The zero-order valence-electron chi connectivity index (χ0n) is 12.4. The first-order valence-electron chi connectivity index (χ1n) is 6.75. The zero-order chi connectivity index (χ0) is 16.8. The zero-order valence-corrected chi connectivity index (χ0v) is 13.2.